The van der Waals surface area contributed by atoms with Gasteiger partial charge < -0.3 is 33.7 Å². The molecule has 0 aliphatic rings. The van der Waals surface area contributed by atoms with Crippen LogP contribution in [0.5, 0.6) is 34.5 Å². The van der Waals surface area contributed by atoms with Gasteiger partial charge in [-0.05, 0) is 50.7 Å². The molecule has 0 aromatic heterocycles. The molecule has 0 saturated carbocycles. The second-order valence-corrected chi connectivity index (χ2v) is 19.8. The van der Waals surface area contributed by atoms with Gasteiger partial charge in [0.2, 0.25) is 11.5 Å². The second kappa shape index (κ2) is 44.6. The van der Waals surface area contributed by atoms with Crippen LogP contribution in [0.25, 0.3) is 0 Å². The Morgan fingerprint density at radius 3 is 0.841 bits per heavy atom. The van der Waals surface area contributed by atoms with Gasteiger partial charge in [0, 0.05) is 23.4 Å². The van der Waals surface area contributed by atoms with E-state index in [0.717, 1.165) is 77.0 Å². The summed E-state index contributed by atoms with van der Waals surface area (Å²) in [5.41, 5.74) is 1.05. The van der Waals surface area contributed by atoms with E-state index in [1.54, 1.807) is 12.1 Å². The lowest BCUT2D eigenvalue weighted by Crippen LogP contribution is -2.15. The third-order valence-corrected chi connectivity index (χ3v) is 13.1. The number of anilines is 1. The highest BCUT2D eigenvalue weighted by atomic mass is 16.5. The van der Waals surface area contributed by atoms with Gasteiger partial charge >= 0.3 is 0 Å². The highest BCUT2D eigenvalue weighted by Gasteiger charge is 2.22. The van der Waals surface area contributed by atoms with Crippen LogP contribution in [0, 0.1) is 0 Å². The summed E-state index contributed by atoms with van der Waals surface area (Å²) in [5.74, 6) is 3.28. The SMILES string of the molecule is CCCCCCCCCCCCOc1cc(NC(=O)c2cc(OCCCC)c(OCCCC)c(OCCCC)c2)cc(OCCCCCCCCCCCC)c1OCCCCCCCCCCCC. The molecule has 0 atom stereocenters. The molecule has 0 unspecified atom stereocenters. The smallest absolute Gasteiger partial charge is 0.255 e. The number of rotatable bonds is 50. The normalized spacial score (nSPS) is 11.2. The average Bonchev–Trinajstić information content (AvgIpc) is 3.35. The zero-order chi connectivity index (χ0) is 49.7. The maximum Gasteiger partial charge on any atom is 0.255 e. The molecular weight excluding hydrogens is 859 g/mol. The van der Waals surface area contributed by atoms with E-state index in [2.05, 4.69) is 46.9 Å². The predicted octanol–water partition coefficient (Wildman–Crippen LogP) is 19.4. The summed E-state index contributed by atoms with van der Waals surface area (Å²) < 4.78 is 38.8. The van der Waals surface area contributed by atoms with Crippen molar-refractivity contribution in [1.82, 2.24) is 0 Å². The van der Waals surface area contributed by atoms with E-state index in [9.17, 15) is 4.79 Å². The molecule has 69 heavy (non-hydrogen) atoms. The van der Waals surface area contributed by atoms with Gasteiger partial charge in [0.1, 0.15) is 0 Å². The summed E-state index contributed by atoms with van der Waals surface area (Å²) in [6, 6.07) is 7.45. The fourth-order valence-electron chi connectivity index (χ4n) is 8.55. The van der Waals surface area contributed by atoms with Gasteiger partial charge in [0.15, 0.2) is 23.0 Å². The van der Waals surface area contributed by atoms with Crippen LogP contribution in [-0.4, -0.2) is 45.5 Å². The first-order chi connectivity index (χ1) is 34.0. The van der Waals surface area contributed by atoms with E-state index in [1.807, 2.05) is 12.1 Å². The molecule has 2 aromatic carbocycles. The fourth-order valence-corrected chi connectivity index (χ4v) is 8.55. The van der Waals surface area contributed by atoms with Crippen LogP contribution in [0.2, 0.25) is 0 Å². The van der Waals surface area contributed by atoms with Crippen molar-refractivity contribution in [2.24, 2.45) is 0 Å². The molecule has 0 fully saturated rings. The van der Waals surface area contributed by atoms with Gasteiger partial charge in [-0.25, -0.2) is 0 Å². The standard InChI is InChI=1S/C61H107NO7/c1-7-13-19-22-25-28-31-34-37-40-46-66-57-51-54(62-61(63)53-49-55(64-43-16-10-4)59(68-45-18-12-6)56(50-53)65-44-17-11-5)52-58(67-47-41-38-35-32-29-26-23-20-14-8-2)60(57)69-48-42-39-36-33-30-27-24-21-15-9-3/h49-52H,7-48H2,1-6H3,(H,62,63). The third-order valence-electron chi connectivity index (χ3n) is 13.1. The second-order valence-electron chi connectivity index (χ2n) is 19.8. The first-order valence-corrected chi connectivity index (χ1v) is 29.5. The molecule has 0 radical (unpaired) electrons. The maximum atomic E-state index is 14.4. The minimum Gasteiger partial charge on any atom is -0.490 e. The lowest BCUT2D eigenvalue weighted by atomic mass is 10.1. The van der Waals surface area contributed by atoms with Gasteiger partial charge in [0.25, 0.3) is 5.91 Å². The Balaban J connectivity index is 2.37. The predicted molar refractivity (Wildman–Crippen MR) is 294 cm³/mol. The summed E-state index contributed by atoms with van der Waals surface area (Å²) in [5, 5.41) is 3.22. The highest BCUT2D eigenvalue weighted by molar-refractivity contribution is 6.05. The summed E-state index contributed by atoms with van der Waals surface area (Å²) in [6.45, 7) is 16.6. The molecule has 8 heteroatoms. The average molecular weight is 967 g/mol. The minimum atomic E-state index is -0.267. The maximum absolute atomic E-state index is 14.4. The van der Waals surface area contributed by atoms with Gasteiger partial charge in [-0.15, -0.1) is 0 Å². The summed E-state index contributed by atoms with van der Waals surface area (Å²) in [4.78, 5) is 14.4. The molecule has 0 bridgehead atoms. The highest BCUT2D eigenvalue weighted by Crippen LogP contribution is 2.43. The van der Waals surface area contributed by atoms with Gasteiger partial charge in [0.05, 0.1) is 39.6 Å². The molecule has 1 N–H and O–H groups in total. The quantitative estimate of drug-likeness (QED) is 0.0661. The molecule has 0 saturated heterocycles. The summed E-state index contributed by atoms with van der Waals surface area (Å²) in [6.07, 6.45) is 43.6. The topological polar surface area (TPSA) is 84.5 Å². The molecule has 2 rings (SSSR count). The zero-order valence-electron chi connectivity index (χ0n) is 45.9. The molecule has 0 heterocycles. The van der Waals surface area contributed by atoms with Crippen LogP contribution in [0.3, 0.4) is 0 Å². The van der Waals surface area contributed by atoms with Crippen molar-refractivity contribution in [3.05, 3.63) is 29.8 Å². The molecule has 0 aliphatic carbocycles. The van der Waals surface area contributed by atoms with Crippen LogP contribution in [0.4, 0.5) is 5.69 Å². The van der Waals surface area contributed by atoms with E-state index in [1.165, 1.54) is 154 Å². The third kappa shape index (κ3) is 30.9. The van der Waals surface area contributed by atoms with Crippen molar-refractivity contribution in [2.75, 3.05) is 45.0 Å². The number of hydrogen-bond donors (Lipinski definition) is 1. The molecule has 0 aliphatic heterocycles. The Labute approximate surface area is 425 Å². The number of amides is 1. The Morgan fingerprint density at radius 1 is 0.304 bits per heavy atom. The van der Waals surface area contributed by atoms with E-state index in [0.29, 0.717) is 85.4 Å². The van der Waals surface area contributed by atoms with E-state index >= 15 is 0 Å². The molecule has 398 valence electrons. The Morgan fingerprint density at radius 2 is 0.536 bits per heavy atom. The van der Waals surface area contributed by atoms with Gasteiger partial charge in [-0.2, -0.15) is 0 Å². The Hall–Kier alpha value is -3.29. The van der Waals surface area contributed by atoms with Crippen molar-refractivity contribution in [3.8, 4) is 34.5 Å². The molecule has 1 amide bonds. The number of hydrogen-bond acceptors (Lipinski definition) is 7. The van der Waals surface area contributed by atoms with Crippen molar-refractivity contribution < 1.29 is 33.2 Å². The van der Waals surface area contributed by atoms with Crippen molar-refractivity contribution in [1.29, 1.82) is 0 Å². The lowest BCUT2D eigenvalue weighted by Gasteiger charge is -2.20. The lowest BCUT2D eigenvalue weighted by molar-refractivity contribution is 0.102. The van der Waals surface area contributed by atoms with E-state index in [4.69, 9.17) is 28.4 Å². The Bertz CT molecular complexity index is 1420. The van der Waals surface area contributed by atoms with Gasteiger partial charge in [-0.1, -0.05) is 234 Å². The van der Waals surface area contributed by atoms with Crippen LogP contribution in [-0.2, 0) is 0 Å². The van der Waals surface area contributed by atoms with Crippen LogP contribution < -0.4 is 33.7 Å². The monoisotopic (exact) mass is 966 g/mol. The summed E-state index contributed by atoms with van der Waals surface area (Å²) >= 11 is 0. The number of carbonyl (C=O) groups is 1. The Kier molecular flexibility index (Phi) is 40.0. The molecular formula is C61H107NO7. The molecule has 0 spiro atoms. The number of carbonyl (C=O) groups excluding carboxylic acids is 1. The zero-order valence-corrected chi connectivity index (χ0v) is 45.9. The van der Waals surface area contributed by atoms with Crippen molar-refractivity contribution in [3.63, 3.8) is 0 Å². The van der Waals surface area contributed by atoms with E-state index < -0.39 is 0 Å². The van der Waals surface area contributed by atoms with Crippen LogP contribution in [0.15, 0.2) is 24.3 Å². The van der Waals surface area contributed by atoms with Crippen molar-refractivity contribution in [2.45, 2.75) is 273 Å². The number of nitrogens with one attached hydrogen (secondary N) is 1. The van der Waals surface area contributed by atoms with Crippen molar-refractivity contribution >= 4 is 11.6 Å². The molecule has 8 nitrogen and oxygen atoms in total. The number of unbranched alkanes of at least 4 members (excludes halogenated alkanes) is 30. The number of benzene rings is 2. The van der Waals surface area contributed by atoms with E-state index in [-0.39, 0.29) is 5.91 Å². The first-order valence-electron chi connectivity index (χ1n) is 29.5. The largest absolute Gasteiger partial charge is 0.490 e. The first kappa shape index (κ1) is 61.8. The van der Waals surface area contributed by atoms with Gasteiger partial charge in [-0.3, -0.25) is 4.79 Å². The molecule has 2 aromatic rings. The van der Waals surface area contributed by atoms with Crippen LogP contribution in [0.1, 0.15) is 283 Å². The van der Waals surface area contributed by atoms with Crippen LogP contribution >= 0.6 is 0 Å². The fraction of sp³-hybridized carbons (Fsp3) is 0.787. The summed E-state index contributed by atoms with van der Waals surface area (Å²) in [7, 11) is 0. The number of ether oxygens (including phenoxy) is 6. The minimum absolute atomic E-state index is 0.267.